The van der Waals surface area contributed by atoms with Crippen LogP contribution in [0.3, 0.4) is 0 Å². The second kappa shape index (κ2) is 26.4. The lowest BCUT2D eigenvalue weighted by molar-refractivity contribution is -0.173. The van der Waals surface area contributed by atoms with Gasteiger partial charge < -0.3 is 19.1 Å². The third kappa shape index (κ3) is 17.8. The Labute approximate surface area is 338 Å². The first kappa shape index (κ1) is 47.7. The van der Waals surface area contributed by atoms with Gasteiger partial charge in [0.2, 0.25) is 0 Å². The van der Waals surface area contributed by atoms with Gasteiger partial charge in [0.25, 0.3) is 0 Å². The van der Waals surface area contributed by atoms with E-state index >= 15 is 0 Å². The molecule has 0 amide bonds. The summed E-state index contributed by atoms with van der Waals surface area (Å²) in [4.78, 5) is 40.1. The van der Waals surface area contributed by atoms with E-state index in [9.17, 15) is 14.4 Å². The van der Waals surface area contributed by atoms with E-state index in [0.29, 0.717) is 55.3 Å². The molecule has 4 aliphatic rings. The summed E-state index contributed by atoms with van der Waals surface area (Å²) >= 11 is 0. The summed E-state index contributed by atoms with van der Waals surface area (Å²) in [5.74, 6) is 1.45. The fourth-order valence-corrected chi connectivity index (χ4v) is 12.0. The highest BCUT2D eigenvalue weighted by Crippen LogP contribution is 2.73. The smallest absolute Gasteiger partial charge is 0.305 e. The largest absolute Gasteiger partial charge is 0.466 e. The van der Waals surface area contributed by atoms with E-state index in [1.54, 1.807) is 0 Å². The molecule has 4 saturated carbocycles. The van der Waals surface area contributed by atoms with Crippen LogP contribution in [0.25, 0.3) is 0 Å². The number of esters is 3. The molecule has 320 valence electrons. The molecule has 55 heavy (non-hydrogen) atoms. The van der Waals surface area contributed by atoms with Gasteiger partial charge in [0.1, 0.15) is 0 Å². The fourth-order valence-electron chi connectivity index (χ4n) is 12.0. The second-order valence-electron chi connectivity index (χ2n) is 18.8. The van der Waals surface area contributed by atoms with Crippen molar-refractivity contribution in [2.45, 2.75) is 221 Å². The minimum Gasteiger partial charge on any atom is -0.466 e. The zero-order chi connectivity index (χ0) is 39.8. The first-order chi connectivity index (χ1) is 26.6. The molecule has 0 aromatic carbocycles. The summed E-state index contributed by atoms with van der Waals surface area (Å²) in [6.07, 6.45) is 31.9. The van der Waals surface area contributed by atoms with Crippen LogP contribution in [0.5, 0.6) is 0 Å². The lowest BCUT2D eigenvalue weighted by atomic mass is 9.37. The highest BCUT2D eigenvalue weighted by atomic mass is 16.5. The van der Waals surface area contributed by atoms with E-state index in [1.807, 2.05) is 0 Å². The van der Waals surface area contributed by atoms with Crippen LogP contribution in [-0.4, -0.2) is 62.3 Å². The van der Waals surface area contributed by atoms with Crippen LogP contribution in [-0.2, 0) is 28.6 Å². The van der Waals surface area contributed by atoms with Gasteiger partial charge in [-0.1, -0.05) is 105 Å². The summed E-state index contributed by atoms with van der Waals surface area (Å²) in [7, 11) is 0. The zero-order valence-electron chi connectivity index (χ0n) is 36.8. The van der Waals surface area contributed by atoms with E-state index in [4.69, 9.17) is 14.2 Å². The van der Waals surface area contributed by atoms with E-state index < -0.39 is 0 Å². The molecule has 4 bridgehead atoms. The maximum atomic E-state index is 12.7. The van der Waals surface area contributed by atoms with E-state index in [0.717, 1.165) is 102 Å². The topological polar surface area (TPSA) is 82.1 Å². The van der Waals surface area contributed by atoms with Crippen LogP contribution < -0.4 is 0 Å². The Morgan fingerprint density at radius 2 is 0.927 bits per heavy atom. The monoisotopic (exact) mass is 774 g/mol. The molecular formula is C48H87NO6. The van der Waals surface area contributed by atoms with Gasteiger partial charge in [-0.3, -0.25) is 14.4 Å². The first-order valence-electron chi connectivity index (χ1n) is 23.8. The average molecular weight is 774 g/mol. The van der Waals surface area contributed by atoms with Gasteiger partial charge in [-0.25, -0.2) is 0 Å². The number of carbonyl (C=O) groups excluding carboxylic acids is 3. The molecule has 0 radical (unpaired) electrons. The molecule has 0 aromatic rings. The van der Waals surface area contributed by atoms with E-state index in [1.165, 1.54) is 96.3 Å². The molecule has 7 nitrogen and oxygen atoms in total. The van der Waals surface area contributed by atoms with Crippen molar-refractivity contribution in [1.82, 2.24) is 4.90 Å². The summed E-state index contributed by atoms with van der Waals surface area (Å²) in [5, 5.41) is 0. The van der Waals surface area contributed by atoms with Crippen molar-refractivity contribution in [2.75, 3.05) is 39.5 Å². The Morgan fingerprint density at radius 3 is 1.36 bits per heavy atom. The third-order valence-corrected chi connectivity index (χ3v) is 13.9. The Kier molecular flexibility index (Phi) is 22.9. The van der Waals surface area contributed by atoms with Gasteiger partial charge in [0.05, 0.1) is 19.8 Å². The van der Waals surface area contributed by atoms with Crippen molar-refractivity contribution in [3.05, 3.63) is 0 Å². The van der Waals surface area contributed by atoms with Gasteiger partial charge in [-0.15, -0.1) is 0 Å². The van der Waals surface area contributed by atoms with Crippen molar-refractivity contribution >= 4 is 17.9 Å². The maximum absolute atomic E-state index is 12.7. The number of hydrogen-bond acceptors (Lipinski definition) is 7. The molecule has 0 N–H and O–H groups in total. The molecule has 0 aliphatic heterocycles. The Balaban J connectivity index is 1.50. The quantitative estimate of drug-likeness (QED) is 0.0366. The summed E-state index contributed by atoms with van der Waals surface area (Å²) < 4.78 is 17.4. The predicted octanol–water partition coefficient (Wildman–Crippen LogP) is 12.6. The van der Waals surface area contributed by atoms with Crippen molar-refractivity contribution in [2.24, 2.45) is 28.1 Å². The Morgan fingerprint density at radius 1 is 0.509 bits per heavy atom. The number of nitrogens with zero attached hydrogens (tertiary/aromatic N) is 1. The highest BCUT2D eigenvalue weighted by molar-refractivity contribution is 5.69. The van der Waals surface area contributed by atoms with Crippen LogP contribution in [0.4, 0.5) is 0 Å². The molecule has 0 spiro atoms. The van der Waals surface area contributed by atoms with Crippen molar-refractivity contribution < 1.29 is 28.6 Å². The number of ether oxygens (including phenoxy) is 3. The lowest BCUT2D eigenvalue weighted by Crippen LogP contribution is -2.57. The summed E-state index contributed by atoms with van der Waals surface area (Å²) in [6, 6.07) is 0. The van der Waals surface area contributed by atoms with Gasteiger partial charge in [-0.05, 0) is 144 Å². The van der Waals surface area contributed by atoms with Crippen molar-refractivity contribution in [1.29, 1.82) is 0 Å². The Hall–Kier alpha value is -1.63. The minimum atomic E-state index is -0.0524. The van der Waals surface area contributed by atoms with Crippen LogP contribution >= 0.6 is 0 Å². The molecule has 7 heteroatoms. The molecule has 0 heterocycles. The molecule has 4 rings (SSSR count). The maximum Gasteiger partial charge on any atom is 0.305 e. The van der Waals surface area contributed by atoms with Crippen LogP contribution in [0, 0.1) is 28.1 Å². The van der Waals surface area contributed by atoms with Crippen LogP contribution in [0.2, 0.25) is 0 Å². The van der Waals surface area contributed by atoms with Crippen molar-refractivity contribution in [3.63, 3.8) is 0 Å². The van der Waals surface area contributed by atoms with Crippen LogP contribution in [0.15, 0.2) is 0 Å². The molecule has 4 fully saturated rings. The highest BCUT2D eigenvalue weighted by Gasteiger charge is 2.62. The van der Waals surface area contributed by atoms with Gasteiger partial charge in [0, 0.05) is 19.3 Å². The zero-order valence-corrected chi connectivity index (χ0v) is 36.8. The van der Waals surface area contributed by atoms with Gasteiger partial charge in [0.15, 0.2) is 0 Å². The average Bonchev–Trinajstić information content (AvgIpc) is 3.15. The number of carbonyl (C=O) groups is 3. The lowest BCUT2D eigenvalue weighted by Gasteiger charge is -2.67. The Bertz CT molecular complexity index is 1070. The van der Waals surface area contributed by atoms with Gasteiger partial charge >= 0.3 is 17.9 Å². The minimum absolute atomic E-state index is 0.0189. The van der Waals surface area contributed by atoms with E-state index in [-0.39, 0.29) is 17.9 Å². The standard InChI is InChI=1S/C48H87NO6/c1-6-11-12-13-14-15-25-43(50)53-32-19-28-46-35-42-36-47(38-46,29-20-33-54-44(51)26-17-16-24-41(22-7-2)23-8-3)40-48(37-42,39-46)30-21-34-55-45(52)27-18-31-49(9-4)10-5/h41-42H,6-40H2,1-5H3. The van der Waals surface area contributed by atoms with E-state index in [2.05, 4.69) is 39.5 Å². The number of unbranched alkanes of at least 4 members (excludes halogenated alkanes) is 6. The van der Waals surface area contributed by atoms with Gasteiger partial charge in [-0.2, -0.15) is 0 Å². The predicted molar refractivity (Wildman–Crippen MR) is 226 cm³/mol. The molecule has 0 aromatic heterocycles. The molecule has 0 saturated heterocycles. The number of rotatable bonds is 34. The first-order valence-corrected chi connectivity index (χ1v) is 23.8. The normalized spacial score (nSPS) is 24.2. The molecule has 4 unspecified atom stereocenters. The molecule has 4 aliphatic carbocycles. The molecular weight excluding hydrogens is 687 g/mol. The third-order valence-electron chi connectivity index (χ3n) is 13.9. The second-order valence-corrected chi connectivity index (χ2v) is 18.8. The summed E-state index contributed by atoms with van der Waals surface area (Å²) in [5.41, 5.74) is 0.901. The molecule has 4 atom stereocenters. The van der Waals surface area contributed by atoms with Crippen LogP contribution in [0.1, 0.15) is 221 Å². The number of hydrogen-bond donors (Lipinski definition) is 0. The SMILES string of the molecule is CCCCCCCCC(=O)OCCCC12CC3CC(CCCOC(=O)CCCCC(CCC)CCC)(C1)CC(CCCOC(=O)CCCN(CC)CC)(C3)C2. The summed E-state index contributed by atoms with van der Waals surface area (Å²) in [6.45, 7) is 15.7. The fraction of sp³-hybridized carbons (Fsp3) is 0.938. The van der Waals surface area contributed by atoms with Crippen molar-refractivity contribution in [3.8, 4) is 0 Å².